The Hall–Kier alpha value is -3.74. The average molecular weight is 422 g/mol. The monoisotopic (exact) mass is 422 g/mol. The molecule has 0 unspecified atom stereocenters. The van der Waals surface area contributed by atoms with Gasteiger partial charge in [0.05, 0.1) is 12.2 Å². The van der Waals surface area contributed by atoms with Crippen molar-refractivity contribution in [1.29, 1.82) is 0 Å². The fraction of sp³-hybridized carbons (Fsp3) is 0.167. The molecule has 0 N–H and O–H groups in total. The minimum absolute atomic E-state index is 0.0496. The Morgan fingerprint density at radius 3 is 2.32 bits per heavy atom. The molecular weight excluding hydrogens is 402 g/mol. The summed E-state index contributed by atoms with van der Waals surface area (Å²) in [6.07, 6.45) is 0. The van der Waals surface area contributed by atoms with Crippen LogP contribution >= 0.6 is 0 Å². The maximum atomic E-state index is 14.3. The third kappa shape index (κ3) is 3.74. The molecule has 3 aromatic carbocycles. The van der Waals surface area contributed by atoms with Gasteiger partial charge in [0.25, 0.3) is 5.91 Å². The Morgan fingerprint density at radius 1 is 0.903 bits per heavy atom. The lowest BCUT2D eigenvalue weighted by Gasteiger charge is -2.28. The van der Waals surface area contributed by atoms with E-state index in [1.807, 2.05) is 18.2 Å². The minimum atomic E-state index is -1.27. The summed E-state index contributed by atoms with van der Waals surface area (Å²) in [7, 11) is 0. The molecule has 0 radical (unpaired) electrons. The number of carbonyl (C=O) groups is 2. The van der Waals surface area contributed by atoms with Crippen molar-refractivity contribution in [2.75, 3.05) is 4.90 Å². The van der Waals surface area contributed by atoms with Crippen molar-refractivity contribution in [2.45, 2.75) is 25.9 Å². The molecule has 0 aliphatic carbocycles. The van der Waals surface area contributed by atoms with E-state index in [9.17, 15) is 18.4 Å². The summed E-state index contributed by atoms with van der Waals surface area (Å²) in [5, 5.41) is 0. The Bertz CT molecular complexity index is 1150. The van der Waals surface area contributed by atoms with Crippen LogP contribution < -0.4 is 9.64 Å². The predicted molar refractivity (Wildman–Crippen MR) is 112 cm³/mol. The zero-order valence-corrected chi connectivity index (χ0v) is 17.0. The number of nitrogens with zero attached hydrogens (tertiary/aromatic N) is 2. The molecule has 5 nitrogen and oxygen atoms in total. The molecule has 158 valence electrons. The highest BCUT2D eigenvalue weighted by Crippen LogP contribution is 2.36. The number of anilines is 1. The first-order chi connectivity index (χ1) is 14.8. The topological polar surface area (TPSA) is 49.9 Å². The SMILES string of the molecule is CC1(C)C(=O)N(c2cc(F)ccc2F)C(=O)N1Cc1ccccc1Oc1ccccc1. The lowest BCUT2D eigenvalue weighted by atomic mass is 10.0. The van der Waals surface area contributed by atoms with Crippen molar-refractivity contribution in [3.63, 3.8) is 0 Å². The molecule has 0 saturated carbocycles. The Labute approximate surface area is 178 Å². The van der Waals surface area contributed by atoms with Crippen LogP contribution in [0.4, 0.5) is 19.3 Å². The number of carbonyl (C=O) groups excluding carboxylic acids is 2. The van der Waals surface area contributed by atoms with Crippen LogP contribution in [0.15, 0.2) is 72.8 Å². The van der Waals surface area contributed by atoms with Gasteiger partial charge < -0.3 is 9.64 Å². The molecule has 4 rings (SSSR count). The average Bonchev–Trinajstić information content (AvgIpc) is 2.91. The molecule has 1 aliphatic rings. The first-order valence-electron chi connectivity index (χ1n) is 9.71. The highest BCUT2D eigenvalue weighted by molar-refractivity contribution is 6.23. The lowest BCUT2D eigenvalue weighted by molar-refractivity contribution is -0.123. The van der Waals surface area contributed by atoms with Gasteiger partial charge in [-0.2, -0.15) is 0 Å². The van der Waals surface area contributed by atoms with Crippen molar-refractivity contribution in [2.24, 2.45) is 0 Å². The number of amides is 3. The van der Waals surface area contributed by atoms with E-state index < -0.39 is 34.8 Å². The van der Waals surface area contributed by atoms with Crippen molar-refractivity contribution in [3.8, 4) is 11.5 Å². The van der Waals surface area contributed by atoms with E-state index in [0.29, 0.717) is 22.0 Å². The highest BCUT2D eigenvalue weighted by Gasteiger charge is 2.52. The summed E-state index contributed by atoms with van der Waals surface area (Å²) >= 11 is 0. The first kappa shape index (κ1) is 20.5. The molecule has 31 heavy (non-hydrogen) atoms. The van der Waals surface area contributed by atoms with E-state index in [1.54, 1.807) is 50.2 Å². The molecule has 0 spiro atoms. The van der Waals surface area contributed by atoms with Gasteiger partial charge in [0.2, 0.25) is 0 Å². The summed E-state index contributed by atoms with van der Waals surface area (Å²) in [6.45, 7) is 3.20. The summed E-state index contributed by atoms with van der Waals surface area (Å²) in [4.78, 5) is 28.2. The van der Waals surface area contributed by atoms with E-state index in [0.717, 1.165) is 18.2 Å². The Kier molecular flexibility index (Phi) is 5.19. The fourth-order valence-corrected chi connectivity index (χ4v) is 3.49. The van der Waals surface area contributed by atoms with Crippen molar-refractivity contribution in [1.82, 2.24) is 4.90 Å². The first-order valence-corrected chi connectivity index (χ1v) is 9.71. The van der Waals surface area contributed by atoms with Crippen LogP contribution in [0.3, 0.4) is 0 Å². The van der Waals surface area contributed by atoms with Crippen LogP contribution in [0, 0.1) is 11.6 Å². The summed E-state index contributed by atoms with van der Waals surface area (Å²) in [5.41, 5.74) is -1.00. The number of benzene rings is 3. The number of halogens is 2. The van der Waals surface area contributed by atoms with Crippen molar-refractivity contribution in [3.05, 3.63) is 90.0 Å². The molecule has 0 bridgehead atoms. The van der Waals surface area contributed by atoms with Crippen LogP contribution in [0.1, 0.15) is 19.4 Å². The third-order valence-electron chi connectivity index (χ3n) is 5.24. The van der Waals surface area contributed by atoms with Crippen molar-refractivity contribution < 1.29 is 23.1 Å². The van der Waals surface area contributed by atoms with Crippen LogP contribution in [-0.2, 0) is 11.3 Å². The molecule has 1 heterocycles. The lowest BCUT2D eigenvalue weighted by Crippen LogP contribution is -2.43. The van der Waals surface area contributed by atoms with Gasteiger partial charge in [-0.25, -0.2) is 18.5 Å². The van der Waals surface area contributed by atoms with Gasteiger partial charge in [-0.05, 0) is 44.2 Å². The fourth-order valence-electron chi connectivity index (χ4n) is 3.49. The van der Waals surface area contributed by atoms with Gasteiger partial charge >= 0.3 is 6.03 Å². The van der Waals surface area contributed by atoms with Gasteiger partial charge in [-0.15, -0.1) is 0 Å². The molecule has 1 saturated heterocycles. The maximum absolute atomic E-state index is 14.3. The number of hydrogen-bond acceptors (Lipinski definition) is 3. The van der Waals surface area contributed by atoms with Gasteiger partial charge in [0.15, 0.2) is 0 Å². The third-order valence-corrected chi connectivity index (χ3v) is 5.24. The largest absolute Gasteiger partial charge is 0.457 e. The van der Waals surface area contributed by atoms with Crippen LogP contribution in [0.2, 0.25) is 0 Å². The molecule has 0 atom stereocenters. The number of rotatable bonds is 5. The standard InChI is InChI=1S/C24H20F2N2O3/c1-24(2)22(29)28(20-14-17(25)12-13-19(20)26)23(30)27(24)15-16-8-6-7-11-21(16)31-18-9-4-3-5-10-18/h3-14H,15H2,1-2H3. The van der Waals surface area contributed by atoms with E-state index in [-0.39, 0.29) is 6.54 Å². The quantitative estimate of drug-likeness (QED) is 0.510. The normalized spacial score (nSPS) is 15.5. The van der Waals surface area contributed by atoms with Crippen LogP contribution in [0.5, 0.6) is 11.5 Å². The molecule has 7 heteroatoms. The van der Waals surface area contributed by atoms with Gasteiger partial charge in [0.1, 0.15) is 28.7 Å². The Balaban J connectivity index is 1.67. The second-order valence-electron chi connectivity index (χ2n) is 7.69. The summed E-state index contributed by atoms with van der Waals surface area (Å²) < 4.78 is 34.0. The zero-order chi connectivity index (χ0) is 22.2. The van der Waals surface area contributed by atoms with Gasteiger partial charge in [-0.1, -0.05) is 36.4 Å². The summed E-state index contributed by atoms with van der Waals surface area (Å²) in [5.74, 6) is -1.08. The van der Waals surface area contributed by atoms with E-state index in [4.69, 9.17) is 4.74 Å². The van der Waals surface area contributed by atoms with Crippen LogP contribution in [-0.4, -0.2) is 22.4 Å². The van der Waals surface area contributed by atoms with E-state index in [1.165, 1.54) is 4.90 Å². The zero-order valence-electron chi connectivity index (χ0n) is 17.0. The second kappa shape index (κ2) is 7.83. The van der Waals surface area contributed by atoms with E-state index >= 15 is 0 Å². The van der Waals surface area contributed by atoms with Crippen LogP contribution in [0.25, 0.3) is 0 Å². The molecule has 1 fully saturated rings. The molecular formula is C24H20F2N2O3. The molecule has 3 amide bonds. The van der Waals surface area contributed by atoms with Gasteiger partial charge in [0, 0.05) is 11.6 Å². The second-order valence-corrected chi connectivity index (χ2v) is 7.69. The van der Waals surface area contributed by atoms with Gasteiger partial charge in [-0.3, -0.25) is 4.79 Å². The Morgan fingerprint density at radius 2 is 1.58 bits per heavy atom. The predicted octanol–water partition coefficient (Wildman–Crippen LogP) is 5.50. The summed E-state index contributed by atoms with van der Waals surface area (Å²) in [6, 6.07) is 18.3. The number of hydrogen-bond donors (Lipinski definition) is 0. The van der Waals surface area contributed by atoms with E-state index in [2.05, 4.69) is 0 Å². The highest BCUT2D eigenvalue weighted by atomic mass is 19.1. The molecule has 0 aromatic heterocycles. The number of ether oxygens (including phenoxy) is 1. The minimum Gasteiger partial charge on any atom is -0.457 e. The number of imide groups is 1. The number of urea groups is 1. The molecule has 1 aliphatic heterocycles. The van der Waals surface area contributed by atoms with Crippen molar-refractivity contribution >= 4 is 17.6 Å². The molecule has 3 aromatic rings. The number of para-hydroxylation sites is 2. The maximum Gasteiger partial charge on any atom is 0.332 e. The smallest absolute Gasteiger partial charge is 0.332 e.